The lowest BCUT2D eigenvalue weighted by Gasteiger charge is -2.13. The number of esters is 1. The Labute approximate surface area is 154 Å². The summed E-state index contributed by atoms with van der Waals surface area (Å²) in [7, 11) is 2.79. The van der Waals surface area contributed by atoms with Crippen LogP contribution in [0.15, 0.2) is 30.0 Å². The Morgan fingerprint density at radius 2 is 1.74 bits per heavy atom. The molecular weight excluding hydrogens is 356 g/mol. The van der Waals surface area contributed by atoms with E-state index in [-0.39, 0.29) is 34.3 Å². The molecule has 0 unspecified atom stereocenters. The molecule has 27 heavy (non-hydrogen) atoms. The monoisotopic (exact) mass is 372 g/mol. The van der Waals surface area contributed by atoms with Gasteiger partial charge in [0.2, 0.25) is 17.3 Å². The number of benzene rings is 2. The number of carbonyl (C=O) groups is 2. The molecule has 0 aliphatic carbocycles. The zero-order chi connectivity index (χ0) is 19.7. The first-order chi connectivity index (χ1) is 12.8. The summed E-state index contributed by atoms with van der Waals surface area (Å²) in [6.45, 7) is 1.25. The lowest BCUT2D eigenvalue weighted by molar-refractivity contribution is -0.132. The quantitative estimate of drug-likeness (QED) is 0.365. The van der Waals surface area contributed by atoms with Crippen molar-refractivity contribution in [2.24, 2.45) is 0 Å². The van der Waals surface area contributed by atoms with E-state index < -0.39 is 23.3 Å². The number of aromatic hydroxyl groups is 2. The number of fused-ring (bicyclic) bond motifs is 1. The van der Waals surface area contributed by atoms with Crippen molar-refractivity contribution < 1.29 is 38.7 Å². The third-order valence-electron chi connectivity index (χ3n) is 3.82. The second-order valence-corrected chi connectivity index (χ2v) is 5.60. The topological polar surface area (TPSA) is 112 Å². The van der Waals surface area contributed by atoms with Gasteiger partial charge < -0.3 is 29.2 Å². The molecule has 0 fully saturated rings. The van der Waals surface area contributed by atoms with E-state index in [1.54, 1.807) is 0 Å². The number of carbonyl (C=O) groups excluding carboxylic acids is 2. The van der Waals surface area contributed by atoms with Gasteiger partial charge in [-0.1, -0.05) is 0 Å². The van der Waals surface area contributed by atoms with Gasteiger partial charge in [-0.15, -0.1) is 0 Å². The summed E-state index contributed by atoms with van der Waals surface area (Å²) in [5, 5.41) is 19.4. The summed E-state index contributed by atoms with van der Waals surface area (Å²) < 4.78 is 21.0. The highest BCUT2D eigenvalue weighted by Gasteiger charge is 2.31. The highest BCUT2D eigenvalue weighted by atomic mass is 16.6. The molecule has 2 aromatic carbocycles. The number of hydrogen-bond acceptors (Lipinski definition) is 8. The van der Waals surface area contributed by atoms with Crippen molar-refractivity contribution in [3.63, 3.8) is 0 Å². The first-order valence-electron chi connectivity index (χ1n) is 7.79. The molecule has 8 nitrogen and oxygen atoms in total. The molecule has 0 saturated heterocycles. The van der Waals surface area contributed by atoms with E-state index in [4.69, 9.17) is 18.9 Å². The molecule has 0 amide bonds. The van der Waals surface area contributed by atoms with Crippen LogP contribution in [0.2, 0.25) is 0 Å². The average Bonchev–Trinajstić information content (AvgIpc) is 2.95. The van der Waals surface area contributed by atoms with E-state index in [2.05, 4.69) is 0 Å². The molecule has 1 aliphatic heterocycles. The molecule has 1 aliphatic rings. The second kappa shape index (κ2) is 6.91. The van der Waals surface area contributed by atoms with Crippen molar-refractivity contribution in [3.8, 4) is 34.5 Å². The molecule has 0 bridgehead atoms. The van der Waals surface area contributed by atoms with Crippen LogP contribution in [0, 0.1) is 0 Å². The summed E-state index contributed by atoms with van der Waals surface area (Å²) >= 11 is 0. The molecular formula is C19H16O8. The lowest BCUT2D eigenvalue weighted by atomic mass is 10.1. The fraction of sp³-hybridized carbons (Fsp3) is 0.158. The van der Waals surface area contributed by atoms with Crippen LogP contribution < -0.4 is 18.9 Å². The van der Waals surface area contributed by atoms with Crippen LogP contribution >= 0.6 is 0 Å². The number of ether oxygens (including phenoxy) is 4. The highest BCUT2D eigenvalue weighted by Crippen LogP contribution is 2.45. The van der Waals surface area contributed by atoms with Gasteiger partial charge in [0.1, 0.15) is 0 Å². The van der Waals surface area contributed by atoms with E-state index in [0.29, 0.717) is 5.56 Å². The molecule has 0 atom stereocenters. The summed E-state index contributed by atoms with van der Waals surface area (Å²) in [4.78, 5) is 23.8. The predicted molar refractivity (Wildman–Crippen MR) is 93.6 cm³/mol. The molecule has 8 heteroatoms. The van der Waals surface area contributed by atoms with Crippen LogP contribution in [0.25, 0.3) is 6.08 Å². The molecule has 0 aromatic heterocycles. The summed E-state index contributed by atoms with van der Waals surface area (Å²) in [6.07, 6.45) is 1.42. The fourth-order valence-corrected chi connectivity index (χ4v) is 2.61. The minimum absolute atomic E-state index is 0.0600. The summed E-state index contributed by atoms with van der Waals surface area (Å²) in [6, 6.07) is 5.63. The molecule has 0 radical (unpaired) electrons. The SMILES string of the molecule is COc1cc(C=C2Oc3c(ccc(O)c3O)C2=O)cc(OC)c1OC(C)=O. The zero-order valence-corrected chi connectivity index (χ0v) is 14.7. The molecule has 2 aromatic rings. The Morgan fingerprint density at radius 3 is 2.30 bits per heavy atom. The maximum absolute atomic E-state index is 12.5. The van der Waals surface area contributed by atoms with Gasteiger partial charge in [0, 0.05) is 6.92 Å². The van der Waals surface area contributed by atoms with E-state index in [1.165, 1.54) is 51.5 Å². The molecule has 3 rings (SSSR count). The van der Waals surface area contributed by atoms with Crippen molar-refractivity contribution >= 4 is 17.8 Å². The van der Waals surface area contributed by atoms with E-state index >= 15 is 0 Å². The Hall–Kier alpha value is -3.68. The summed E-state index contributed by atoms with van der Waals surface area (Å²) in [5.74, 6) is -1.52. The van der Waals surface area contributed by atoms with Gasteiger partial charge in [0.05, 0.1) is 19.8 Å². The van der Waals surface area contributed by atoms with Gasteiger partial charge in [-0.3, -0.25) is 9.59 Å². The van der Waals surface area contributed by atoms with Gasteiger partial charge in [-0.25, -0.2) is 0 Å². The third-order valence-corrected chi connectivity index (χ3v) is 3.82. The van der Waals surface area contributed by atoms with E-state index in [0.717, 1.165) is 0 Å². The van der Waals surface area contributed by atoms with Crippen molar-refractivity contribution in [3.05, 3.63) is 41.2 Å². The van der Waals surface area contributed by atoms with Crippen molar-refractivity contribution in [1.82, 2.24) is 0 Å². The molecule has 2 N–H and O–H groups in total. The molecule has 0 saturated carbocycles. The van der Waals surface area contributed by atoms with Crippen molar-refractivity contribution in [2.45, 2.75) is 6.92 Å². The predicted octanol–water partition coefficient (Wildman–Crippen LogP) is 2.66. The highest BCUT2D eigenvalue weighted by molar-refractivity contribution is 6.15. The molecule has 0 spiro atoms. The standard InChI is InChI=1S/C19H16O8/c1-9(20)26-19-14(24-2)7-10(8-15(19)25-3)6-13-16(22)11-4-5-12(21)17(23)18(11)27-13/h4-8,21,23H,1-3H3. The lowest BCUT2D eigenvalue weighted by Crippen LogP contribution is -2.05. The number of methoxy groups -OCH3 is 2. The van der Waals surface area contributed by atoms with Crippen LogP contribution in [-0.2, 0) is 4.79 Å². The third kappa shape index (κ3) is 3.24. The number of phenolic OH excluding ortho intramolecular Hbond substituents is 2. The maximum Gasteiger partial charge on any atom is 0.308 e. The number of rotatable bonds is 4. The van der Waals surface area contributed by atoms with Crippen LogP contribution in [0.5, 0.6) is 34.5 Å². The average molecular weight is 372 g/mol. The maximum atomic E-state index is 12.5. The smallest absolute Gasteiger partial charge is 0.308 e. The minimum Gasteiger partial charge on any atom is -0.504 e. The first kappa shape index (κ1) is 18.1. The van der Waals surface area contributed by atoms with Crippen LogP contribution in [0.1, 0.15) is 22.8 Å². The number of Topliss-reactive ketones (excluding diaryl/α,β-unsaturated/α-hetero) is 1. The molecule has 1 heterocycles. The number of hydrogen-bond donors (Lipinski definition) is 2. The Morgan fingerprint density at radius 1 is 1.11 bits per heavy atom. The minimum atomic E-state index is -0.544. The zero-order valence-electron chi connectivity index (χ0n) is 14.7. The van der Waals surface area contributed by atoms with Crippen LogP contribution in [-0.4, -0.2) is 36.2 Å². The van der Waals surface area contributed by atoms with Crippen molar-refractivity contribution in [2.75, 3.05) is 14.2 Å². The number of ketones is 1. The van der Waals surface area contributed by atoms with Gasteiger partial charge in [0.25, 0.3) is 0 Å². The normalized spacial score (nSPS) is 13.9. The Bertz CT molecular complexity index is 949. The number of phenols is 2. The largest absolute Gasteiger partial charge is 0.504 e. The van der Waals surface area contributed by atoms with Gasteiger partial charge in [-0.05, 0) is 35.9 Å². The van der Waals surface area contributed by atoms with Crippen molar-refractivity contribution in [1.29, 1.82) is 0 Å². The Balaban J connectivity index is 2.04. The fourth-order valence-electron chi connectivity index (χ4n) is 2.61. The summed E-state index contributed by atoms with van der Waals surface area (Å²) in [5.41, 5.74) is 0.603. The second-order valence-electron chi connectivity index (χ2n) is 5.60. The van der Waals surface area contributed by atoms with Gasteiger partial charge in [0.15, 0.2) is 28.8 Å². The van der Waals surface area contributed by atoms with Gasteiger partial charge in [-0.2, -0.15) is 0 Å². The van der Waals surface area contributed by atoms with Crippen LogP contribution in [0.4, 0.5) is 0 Å². The number of allylic oxidation sites excluding steroid dienone is 1. The van der Waals surface area contributed by atoms with Gasteiger partial charge >= 0.3 is 5.97 Å². The first-order valence-corrected chi connectivity index (χ1v) is 7.79. The molecule has 140 valence electrons. The van der Waals surface area contributed by atoms with Crippen LogP contribution in [0.3, 0.4) is 0 Å². The van der Waals surface area contributed by atoms with E-state index in [9.17, 15) is 19.8 Å². The Kier molecular flexibility index (Phi) is 4.64. The van der Waals surface area contributed by atoms with E-state index in [1.807, 2.05) is 0 Å².